The highest BCUT2D eigenvalue weighted by atomic mass is 32.2. The van der Waals surface area contributed by atoms with E-state index in [0.717, 1.165) is 18.2 Å². The molecule has 1 aliphatic heterocycles. The van der Waals surface area contributed by atoms with Crippen molar-refractivity contribution in [1.82, 2.24) is 4.98 Å². The van der Waals surface area contributed by atoms with E-state index in [1.807, 2.05) is 0 Å². The Hall–Kier alpha value is -1.07. The molecule has 2 heterocycles. The lowest BCUT2D eigenvalue weighted by Crippen LogP contribution is -2.30. The second kappa shape index (κ2) is 3.98. The molecule has 1 aromatic heterocycles. The van der Waals surface area contributed by atoms with E-state index in [4.69, 9.17) is 9.84 Å². The summed E-state index contributed by atoms with van der Waals surface area (Å²) in [5, 5.41) is 9.97. The van der Waals surface area contributed by atoms with Crippen LogP contribution in [-0.2, 0) is 4.74 Å². The maximum absolute atomic E-state index is 10.5. The van der Waals surface area contributed by atoms with Gasteiger partial charge in [0, 0.05) is 6.20 Å². The minimum Gasteiger partial charge on any atom is -0.478 e. The first-order valence-electron chi connectivity index (χ1n) is 4.19. The minimum atomic E-state index is -0.943. The summed E-state index contributed by atoms with van der Waals surface area (Å²) in [5.41, 5.74) is 0.221. The van der Waals surface area contributed by atoms with Crippen molar-refractivity contribution in [2.24, 2.45) is 0 Å². The van der Waals surface area contributed by atoms with Gasteiger partial charge in [0.2, 0.25) is 0 Å². The highest BCUT2D eigenvalue weighted by Crippen LogP contribution is 2.26. The van der Waals surface area contributed by atoms with Crippen LogP contribution in [0.4, 0.5) is 0 Å². The summed E-state index contributed by atoms with van der Waals surface area (Å²) < 4.78 is 5.03. The average molecular weight is 211 g/mol. The molecule has 1 aliphatic rings. The predicted octanol–water partition coefficient (Wildman–Crippen LogP) is 1.27. The fourth-order valence-electron chi connectivity index (χ4n) is 1.03. The second-order valence-electron chi connectivity index (χ2n) is 2.97. The van der Waals surface area contributed by atoms with Crippen molar-refractivity contribution in [2.45, 2.75) is 10.3 Å². The number of aromatic carboxylic acids is 1. The molecule has 0 spiro atoms. The summed E-state index contributed by atoms with van der Waals surface area (Å²) in [6, 6.07) is 3.30. The molecule has 74 valence electrons. The van der Waals surface area contributed by atoms with E-state index in [0.29, 0.717) is 5.25 Å². The lowest BCUT2D eigenvalue weighted by molar-refractivity contribution is 0.0454. The van der Waals surface area contributed by atoms with Crippen LogP contribution in [0.25, 0.3) is 0 Å². The van der Waals surface area contributed by atoms with Crippen molar-refractivity contribution in [3.8, 4) is 0 Å². The molecule has 0 unspecified atom stereocenters. The maximum atomic E-state index is 10.5. The molecule has 0 bridgehead atoms. The molecule has 1 fully saturated rings. The van der Waals surface area contributed by atoms with E-state index in [1.165, 1.54) is 6.20 Å². The predicted molar refractivity (Wildman–Crippen MR) is 51.7 cm³/mol. The van der Waals surface area contributed by atoms with Crippen LogP contribution in [0, 0.1) is 0 Å². The number of hydrogen-bond acceptors (Lipinski definition) is 4. The van der Waals surface area contributed by atoms with Gasteiger partial charge in [0.1, 0.15) is 0 Å². The summed E-state index contributed by atoms with van der Waals surface area (Å²) in [6.07, 6.45) is 1.38. The number of aromatic nitrogens is 1. The molecular weight excluding hydrogens is 202 g/mol. The summed E-state index contributed by atoms with van der Waals surface area (Å²) in [6.45, 7) is 1.51. The van der Waals surface area contributed by atoms with E-state index in [1.54, 1.807) is 23.9 Å². The van der Waals surface area contributed by atoms with Gasteiger partial charge in [-0.3, -0.25) is 0 Å². The minimum absolute atomic E-state index is 0.221. The Labute approximate surface area is 85.3 Å². The van der Waals surface area contributed by atoms with Crippen LogP contribution >= 0.6 is 11.8 Å². The van der Waals surface area contributed by atoms with Crippen LogP contribution in [0.15, 0.2) is 23.4 Å². The van der Waals surface area contributed by atoms with Crippen molar-refractivity contribution < 1.29 is 14.6 Å². The Morgan fingerprint density at radius 1 is 1.57 bits per heavy atom. The molecule has 0 aliphatic carbocycles. The summed E-state index contributed by atoms with van der Waals surface area (Å²) >= 11 is 1.62. The monoisotopic (exact) mass is 211 g/mol. The van der Waals surface area contributed by atoms with Crippen molar-refractivity contribution >= 4 is 17.7 Å². The van der Waals surface area contributed by atoms with Crippen LogP contribution in [0.1, 0.15) is 10.4 Å². The van der Waals surface area contributed by atoms with Gasteiger partial charge in [-0.25, -0.2) is 9.78 Å². The van der Waals surface area contributed by atoms with Crippen molar-refractivity contribution in [1.29, 1.82) is 0 Å². The lowest BCUT2D eigenvalue weighted by Gasteiger charge is -2.24. The highest BCUT2D eigenvalue weighted by Gasteiger charge is 2.20. The molecule has 1 aromatic rings. The van der Waals surface area contributed by atoms with Gasteiger partial charge in [0.25, 0.3) is 0 Å². The Morgan fingerprint density at radius 3 is 2.79 bits per heavy atom. The molecule has 0 aromatic carbocycles. The van der Waals surface area contributed by atoms with Crippen LogP contribution in [0.2, 0.25) is 0 Å². The third-order valence-electron chi connectivity index (χ3n) is 1.88. The van der Waals surface area contributed by atoms with Gasteiger partial charge >= 0.3 is 5.97 Å². The zero-order valence-corrected chi connectivity index (χ0v) is 8.16. The van der Waals surface area contributed by atoms with E-state index < -0.39 is 5.97 Å². The topological polar surface area (TPSA) is 59.4 Å². The van der Waals surface area contributed by atoms with Crippen molar-refractivity contribution in [2.75, 3.05) is 13.2 Å². The van der Waals surface area contributed by atoms with Crippen LogP contribution < -0.4 is 0 Å². The van der Waals surface area contributed by atoms with Gasteiger partial charge in [-0.15, -0.1) is 0 Å². The van der Waals surface area contributed by atoms with Gasteiger partial charge in [-0.1, -0.05) is 11.8 Å². The highest BCUT2D eigenvalue weighted by molar-refractivity contribution is 8.00. The molecule has 2 rings (SSSR count). The number of hydrogen-bond donors (Lipinski definition) is 1. The molecule has 1 saturated heterocycles. The molecular formula is C9H9NO3S. The molecule has 0 amide bonds. The van der Waals surface area contributed by atoms with Crippen LogP contribution in [0.5, 0.6) is 0 Å². The fraction of sp³-hybridized carbons (Fsp3) is 0.333. The standard InChI is InChI=1S/C9H9NO3S/c11-9(12)6-1-2-8(10-3-6)14-7-4-13-5-7/h1-3,7H,4-5H2,(H,11,12). The normalized spacial score (nSPS) is 16.3. The van der Waals surface area contributed by atoms with E-state index in [2.05, 4.69) is 4.98 Å². The number of carboxylic acids is 1. The van der Waals surface area contributed by atoms with Gasteiger partial charge in [-0.05, 0) is 12.1 Å². The Kier molecular flexibility index (Phi) is 2.69. The molecule has 0 saturated carbocycles. The number of carbonyl (C=O) groups is 1. The number of carboxylic acid groups (broad SMARTS) is 1. The SMILES string of the molecule is O=C(O)c1ccc(SC2COC2)nc1. The Morgan fingerprint density at radius 2 is 2.36 bits per heavy atom. The van der Waals surface area contributed by atoms with E-state index >= 15 is 0 Å². The quantitative estimate of drug-likeness (QED) is 0.815. The zero-order valence-electron chi connectivity index (χ0n) is 7.34. The third-order valence-corrected chi connectivity index (χ3v) is 2.97. The lowest BCUT2D eigenvalue weighted by atomic mass is 10.3. The van der Waals surface area contributed by atoms with Gasteiger partial charge in [-0.2, -0.15) is 0 Å². The summed E-state index contributed by atoms with van der Waals surface area (Å²) in [4.78, 5) is 14.6. The first-order chi connectivity index (χ1) is 6.75. The Bertz CT molecular complexity index is 334. The largest absolute Gasteiger partial charge is 0.478 e. The molecule has 1 N–H and O–H groups in total. The second-order valence-corrected chi connectivity index (χ2v) is 4.29. The smallest absolute Gasteiger partial charge is 0.337 e. The summed E-state index contributed by atoms with van der Waals surface area (Å²) in [5.74, 6) is -0.943. The van der Waals surface area contributed by atoms with Gasteiger partial charge in [0.05, 0.1) is 29.1 Å². The third kappa shape index (κ3) is 2.05. The van der Waals surface area contributed by atoms with Crippen LogP contribution in [0.3, 0.4) is 0 Å². The number of rotatable bonds is 3. The van der Waals surface area contributed by atoms with E-state index in [9.17, 15) is 4.79 Å². The molecule has 4 nitrogen and oxygen atoms in total. The van der Waals surface area contributed by atoms with Crippen molar-refractivity contribution in [3.05, 3.63) is 23.9 Å². The molecule has 14 heavy (non-hydrogen) atoms. The summed E-state index contributed by atoms with van der Waals surface area (Å²) in [7, 11) is 0. The van der Waals surface area contributed by atoms with Gasteiger partial charge in [0.15, 0.2) is 0 Å². The van der Waals surface area contributed by atoms with Crippen LogP contribution in [-0.4, -0.2) is 34.5 Å². The number of pyridine rings is 1. The fourth-order valence-corrected chi connectivity index (χ4v) is 1.96. The van der Waals surface area contributed by atoms with E-state index in [-0.39, 0.29) is 5.56 Å². The number of ether oxygens (including phenoxy) is 1. The Balaban J connectivity index is 2.01. The molecule has 0 radical (unpaired) electrons. The van der Waals surface area contributed by atoms with Crippen molar-refractivity contribution in [3.63, 3.8) is 0 Å². The molecule has 5 heteroatoms. The first-order valence-corrected chi connectivity index (χ1v) is 5.07. The van der Waals surface area contributed by atoms with Gasteiger partial charge < -0.3 is 9.84 Å². The average Bonchev–Trinajstić information content (AvgIpc) is 2.12. The maximum Gasteiger partial charge on any atom is 0.337 e. The number of thioether (sulfide) groups is 1. The first kappa shape index (κ1) is 9.48. The molecule has 0 atom stereocenters. The number of nitrogens with zero attached hydrogens (tertiary/aromatic N) is 1. The zero-order chi connectivity index (χ0) is 9.97.